The van der Waals surface area contributed by atoms with Crippen LogP contribution in [-0.2, 0) is 10.2 Å². The molecule has 3 aliphatic rings. The van der Waals surface area contributed by atoms with Crippen molar-refractivity contribution in [2.45, 2.75) is 50.9 Å². The van der Waals surface area contributed by atoms with Gasteiger partial charge < -0.3 is 14.6 Å². The SMILES string of the molecule is Cc1cc2c(cc1C1(C(=O)O)CCCC1)OCC1(CC1)CO2. The van der Waals surface area contributed by atoms with E-state index < -0.39 is 11.4 Å². The number of aryl methyl sites for hydroxylation is 1. The molecular weight excluding hydrogens is 280 g/mol. The molecule has 4 rings (SSSR count). The van der Waals surface area contributed by atoms with Crippen LogP contribution in [0.25, 0.3) is 0 Å². The van der Waals surface area contributed by atoms with Gasteiger partial charge in [-0.3, -0.25) is 4.79 Å². The van der Waals surface area contributed by atoms with Crippen LogP contribution in [0.5, 0.6) is 11.5 Å². The number of carboxylic acids is 1. The molecule has 4 nitrogen and oxygen atoms in total. The largest absolute Gasteiger partial charge is 0.489 e. The summed E-state index contributed by atoms with van der Waals surface area (Å²) in [6, 6.07) is 3.90. The summed E-state index contributed by atoms with van der Waals surface area (Å²) in [4.78, 5) is 12.0. The van der Waals surface area contributed by atoms with Crippen LogP contribution >= 0.6 is 0 Å². The number of rotatable bonds is 2. The van der Waals surface area contributed by atoms with Crippen molar-refractivity contribution in [3.05, 3.63) is 23.3 Å². The van der Waals surface area contributed by atoms with Gasteiger partial charge in [-0.25, -0.2) is 0 Å². The van der Waals surface area contributed by atoms with Crippen molar-refractivity contribution in [3.8, 4) is 11.5 Å². The van der Waals surface area contributed by atoms with Crippen molar-refractivity contribution < 1.29 is 19.4 Å². The van der Waals surface area contributed by atoms with Gasteiger partial charge in [0.25, 0.3) is 0 Å². The van der Waals surface area contributed by atoms with Crippen molar-refractivity contribution in [1.29, 1.82) is 0 Å². The van der Waals surface area contributed by atoms with Crippen LogP contribution < -0.4 is 9.47 Å². The molecule has 22 heavy (non-hydrogen) atoms. The number of fused-ring (bicyclic) bond motifs is 1. The average Bonchev–Trinajstić information content (AvgIpc) is 3.14. The maximum absolute atomic E-state index is 12.0. The molecule has 1 aromatic rings. The van der Waals surface area contributed by atoms with Gasteiger partial charge in [-0.15, -0.1) is 0 Å². The molecule has 0 amide bonds. The van der Waals surface area contributed by atoms with E-state index in [2.05, 4.69) is 0 Å². The number of benzene rings is 1. The molecule has 0 aromatic heterocycles. The molecule has 0 unspecified atom stereocenters. The highest BCUT2D eigenvalue weighted by molar-refractivity contribution is 5.83. The van der Waals surface area contributed by atoms with Crippen molar-refractivity contribution in [2.75, 3.05) is 13.2 Å². The molecule has 1 heterocycles. The molecule has 118 valence electrons. The number of carboxylic acid groups (broad SMARTS) is 1. The van der Waals surface area contributed by atoms with E-state index in [1.165, 1.54) is 0 Å². The average molecular weight is 302 g/mol. The lowest BCUT2D eigenvalue weighted by atomic mass is 9.77. The molecule has 1 aliphatic heterocycles. The summed E-state index contributed by atoms with van der Waals surface area (Å²) >= 11 is 0. The lowest BCUT2D eigenvalue weighted by molar-refractivity contribution is -0.143. The van der Waals surface area contributed by atoms with Gasteiger partial charge in [-0.2, -0.15) is 0 Å². The van der Waals surface area contributed by atoms with Gasteiger partial charge in [0, 0.05) is 5.41 Å². The fourth-order valence-corrected chi connectivity index (χ4v) is 3.95. The van der Waals surface area contributed by atoms with E-state index in [1.807, 2.05) is 19.1 Å². The first-order valence-electron chi connectivity index (χ1n) is 8.19. The standard InChI is InChI=1S/C18H22O4/c1-12-8-14-15(22-11-17(6-7-17)10-21-14)9-13(12)18(16(19)20)4-2-3-5-18/h8-9H,2-7,10-11H2,1H3,(H,19,20). The molecule has 2 saturated carbocycles. The minimum absolute atomic E-state index is 0.199. The monoisotopic (exact) mass is 302 g/mol. The molecule has 4 heteroatoms. The molecule has 2 fully saturated rings. The van der Waals surface area contributed by atoms with Crippen LogP contribution in [-0.4, -0.2) is 24.3 Å². The number of aliphatic carboxylic acids is 1. The maximum atomic E-state index is 12.0. The third-order valence-electron chi connectivity index (χ3n) is 5.70. The quantitative estimate of drug-likeness (QED) is 0.909. The van der Waals surface area contributed by atoms with Crippen LogP contribution in [0.15, 0.2) is 12.1 Å². The van der Waals surface area contributed by atoms with Gasteiger partial charge in [-0.1, -0.05) is 12.8 Å². The van der Waals surface area contributed by atoms with Crippen LogP contribution in [0.4, 0.5) is 0 Å². The summed E-state index contributed by atoms with van der Waals surface area (Å²) in [7, 11) is 0. The predicted octanol–water partition coefficient (Wildman–Crippen LogP) is 3.44. The first kappa shape index (κ1) is 13.9. The first-order valence-corrected chi connectivity index (χ1v) is 8.19. The second kappa shape index (κ2) is 4.64. The summed E-state index contributed by atoms with van der Waals surface area (Å²) < 4.78 is 11.9. The van der Waals surface area contributed by atoms with Crippen LogP contribution in [0, 0.1) is 12.3 Å². The molecule has 1 spiro atoms. The number of hydrogen-bond acceptors (Lipinski definition) is 3. The Morgan fingerprint density at radius 3 is 2.18 bits per heavy atom. The Labute approximate surface area is 130 Å². The van der Waals surface area contributed by atoms with E-state index in [4.69, 9.17) is 9.47 Å². The molecule has 0 atom stereocenters. The Bertz CT molecular complexity index is 624. The van der Waals surface area contributed by atoms with Gasteiger partial charge >= 0.3 is 5.97 Å². The summed E-state index contributed by atoms with van der Waals surface area (Å²) in [5, 5.41) is 9.82. The van der Waals surface area contributed by atoms with Gasteiger partial charge in [0.2, 0.25) is 0 Å². The Kier molecular flexibility index (Phi) is 2.94. The van der Waals surface area contributed by atoms with Gasteiger partial charge in [0.05, 0.1) is 18.6 Å². The van der Waals surface area contributed by atoms with Gasteiger partial charge in [-0.05, 0) is 55.9 Å². The zero-order valence-corrected chi connectivity index (χ0v) is 13.0. The van der Waals surface area contributed by atoms with E-state index in [0.717, 1.165) is 48.3 Å². The van der Waals surface area contributed by atoms with Crippen molar-refractivity contribution in [2.24, 2.45) is 5.41 Å². The normalized spacial score (nSPS) is 24.0. The number of ether oxygens (including phenoxy) is 2. The van der Waals surface area contributed by atoms with E-state index >= 15 is 0 Å². The Morgan fingerprint density at radius 1 is 1.05 bits per heavy atom. The third kappa shape index (κ3) is 2.00. The van der Waals surface area contributed by atoms with Crippen LogP contribution in [0.3, 0.4) is 0 Å². The highest BCUT2D eigenvalue weighted by Crippen LogP contribution is 2.51. The molecule has 1 N–H and O–H groups in total. The van der Waals surface area contributed by atoms with Crippen molar-refractivity contribution in [1.82, 2.24) is 0 Å². The Balaban J connectivity index is 1.75. The summed E-state index contributed by atoms with van der Waals surface area (Å²) in [5.74, 6) is 0.779. The van der Waals surface area contributed by atoms with E-state index in [0.29, 0.717) is 26.1 Å². The second-order valence-electron chi connectivity index (χ2n) is 7.29. The van der Waals surface area contributed by atoms with Crippen molar-refractivity contribution >= 4 is 5.97 Å². The van der Waals surface area contributed by atoms with Crippen LogP contribution in [0.1, 0.15) is 49.7 Å². The smallest absolute Gasteiger partial charge is 0.314 e. The zero-order valence-electron chi connectivity index (χ0n) is 13.0. The fourth-order valence-electron chi connectivity index (χ4n) is 3.95. The summed E-state index contributed by atoms with van der Waals surface area (Å²) in [6.07, 6.45) is 5.70. The molecule has 2 aliphatic carbocycles. The minimum Gasteiger partial charge on any atom is -0.489 e. The maximum Gasteiger partial charge on any atom is 0.314 e. The van der Waals surface area contributed by atoms with E-state index in [1.54, 1.807) is 0 Å². The third-order valence-corrected chi connectivity index (χ3v) is 5.70. The Morgan fingerprint density at radius 2 is 1.64 bits per heavy atom. The lowest BCUT2D eigenvalue weighted by Gasteiger charge is -2.27. The van der Waals surface area contributed by atoms with E-state index in [-0.39, 0.29) is 5.41 Å². The highest BCUT2D eigenvalue weighted by atomic mass is 16.5. The predicted molar refractivity (Wildman–Crippen MR) is 81.6 cm³/mol. The summed E-state index contributed by atoms with van der Waals surface area (Å²) in [5.41, 5.74) is 1.36. The first-order chi connectivity index (χ1) is 10.5. The molecule has 0 saturated heterocycles. The lowest BCUT2D eigenvalue weighted by Crippen LogP contribution is -2.33. The highest BCUT2D eigenvalue weighted by Gasteiger charge is 2.47. The van der Waals surface area contributed by atoms with Gasteiger partial charge in [0.1, 0.15) is 0 Å². The van der Waals surface area contributed by atoms with Crippen molar-refractivity contribution in [3.63, 3.8) is 0 Å². The second-order valence-corrected chi connectivity index (χ2v) is 7.29. The molecule has 0 bridgehead atoms. The zero-order chi connectivity index (χ0) is 15.4. The molecule has 0 radical (unpaired) electrons. The van der Waals surface area contributed by atoms with Crippen LogP contribution in [0.2, 0.25) is 0 Å². The fraction of sp³-hybridized carbons (Fsp3) is 0.611. The molecule has 1 aromatic carbocycles. The molecular formula is C18H22O4. The topological polar surface area (TPSA) is 55.8 Å². The number of carbonyl (C=O) groups is 1. The minimum atomic E-state index is -0.744. The van der Waals surface area contributed by atoms with E-state index in [9.17, 15) is 9.90 Å². The Hall–Kier alpha value is -1.71. The summed E-state index contributed by atoms with van der Waals surface area (Å²) in [6.45, 7) is 3.38. The number of hydrogen-bond donors (Lipinski definition) is 1. The van der Waals surface area contributed by atoms with Gasteiger partial charge in [0.15, 0.2) is 11.5 Å².